The van der Waals surface area contributed by atoms with Gasteiger partial charge in [-0.05, 0) is 44.0 Å². The molecule has 0 spiro atoms. The van der Waals surface area contributed by atoms with Gasteiger partial charge in [0.15, 0.2) is 6.61 Å². The molecule has 0 aliphatic carbocycles. The molecule has 2 amide bonds. The molecule has 29 heavy (non-hydrogen) atoms. The third-order valence-electron chi connectivity index (χ3n) is 4.56. The number of carbonyl (C=O) groups is 4. The first-order valence-electron chi connectivity index (χ1n) is 9.46. The van der Waals surface area contributed by atoms with Crippen LogP contribution < -0.4 is 10.1 Å². The smallest absolute Gasteiger partial charge is 0.325 e. The molecular formula is C20H26N2O7. The lowest BCUT2D eigenvalue weighted by Gasteiger charge is -2.30. The number of rotatable bonds is 8. The maximum atomic E-state index is 12.1. The molecule has 0 radical (unpaired) electrons. The molecule has 1 fully saturated rings. The van der Waals surface area contributed by atoms with Crippen LogP contribution >= 0.6 is 0 Å². The molecule has 2 rings (SSSR count). The van der Waals surface area contributed by atoms with Crippen LogP contribution in [0.1, 0.15) is 30.1 Å². The van der Waals surface area contributed by atoms with Gasteiger partial charge in [0.05, 0.1) is 19.6 Å². The second-order valence-electron chi connectivity index (χ2n) is 6.48. The first-order chi connectivity index (χ1) is 13.9. The van der Waals surface area contributed by atoms with Crippen molar-refractivity contribution in [1.29, 1.82) is 0 Å². The van der Waals surface area contributed by atoms with Crippen LogP contribution in [0.3, 0.4) is 0 Å². The topological polar surface area (TPSA) is 111 Å². The zero-order chi connectivity index (χ0) is 21.2. The molecule has 1 aliphatic heterocycles. The average molecular weight is 406 g/mol. The quantitative estimate of drug-likeness (QED) is 0.635. The fraction of sp³-hybridized carbons (Fsp3) is 0.500. The minimum Gasteiger partial charge on any atom is -0.494 e. The summed E-state index contributed by atoms with van der Waals surface area (Å²) in [6, 6.07) is 6.51. The Morgan fingerprint density at radius 2 is 1.76 bits per heavy atom. The number of esters is 2. The second-order valence-corrected chi connectivity index (χ2v) is 6.48. The summed E-state index contributed by atoms with van der Waals surface area (Å²) in [6.45, 7) is 2.46. The number of hydrogen-bond donors (Lipinski definition) is 1. The number of likely N-dealkylation sites (tertiary alicyclic amines) is 1. The standard InChI is InChI=1S/C20H26N2O7/c1-3-28-16-6-4-14(5-7-16)19(25)21-12-18(24)29-13-17(23)22-10-8-15(9-11-22)20(26)27-2/h4-7,15H,3,8-13H2,1-2H3,(H,21,25). The molecular weight excluding hydrogens is 380 g/mol. The van der Waals surface area contributed by atoms with E-state index in [0.717, 1.165) is 0 Å². The first-order valence-corrected chi connectivity index (χ1v) is 9.46. The summed E-state index contributed by atoms with van der Waals surface area (Å²) in [5, 5.41) is 2.45. The Morgan fingerprint density at radius 3 is 2.34 bits per heavy atom. The van der Waals surface area contributed by atoms with Gasteiger partial charge in [0.1, 0.15) is 12.3 Å². The van der Waals surface area contributed by atoms with Crippen molar-refractivity contribution in [3.8, 4) is 5.75 Å². The van der Waals surface area contributed by atoms with Crippen molar-refractivity contribution in [1.82, 2.24) is 10.2 Å². The lowest BCUT2D eigenvalue weighted by molar-refractivity contribution is -0.153. The largest absolute Gasteiger partial charge is 0.494 e. The number of hydrogen-bond acceptors (Lipinski definition) is 7. The number of nitrogens with one attached hydrogen (secondary N) is 1. The minimum absolute atomic E-state index is 0.204. The van der Waals surface area contributed by atoms with Crippen LogP contribution in [0, 0.1) is 5.92 Å². The first kappa shape index (κ1) is 22.2. The molecule has 9 nitrogen and oxygen atoms in total. The predicted molar refractivity (Wildman–Crippen MR) is 102 cm³/mol. The summed E-state index contributed by atoms with van der Waals surface area (Å²) in [5.41, 5.74) is 0.380. The van der Waals surface area contributed by atoms with Gasteiger partial charge >= 0.3 is 11.9 Å². The van der Waals surface area contributed by atoms with Crippen LogP contribution in [0.5, 0.6) is 5.75 Å². The van der Waals surface area contributed by atoms with Crippen LogP contribution in [-0.4, -0.2) is 68.6 Å². The lowest BCUT2D eigenvalue weighted by Crippen LogP contribution is -2.42. The van der Waals surface area contributed by atoms with Crippen LogP contribution in [0.25, 0.3) is 0 Å². The maximum Gasteiger partial charge on any atom is 0.325 e. The maximum absolute atomic E-state index is 12.1. The molecule has 1 aromatic rings. The van der Waals surface area contributed by atoms with Crippen molar-refractivity contribution >= 4 is 23.8 Å². The number of nitrogens with zero attached hydrogens (tertiary/aromatic N) is 1. The van der Waals surface area contributed by atoms with E-state index in [1.54, 1.807) is 29.2 Å². The Labute approximate surface area is 169 Å². The van der Waals surface area contributed by atoms with Gasteiger partial charge in [0, 0.05) is 18.7 Å². The van der Waals surface area contributed by atoms with E-state index in [2.05, 4.69) is 5.32 Å². The Hall–Kier alpha value is -3.10. The molecule has 0 saturated carbocycles. The predicted octanol–water partition coefficient (Wildman–Crippen LogP) is 0.770. The number of carbonyl (C=O) groups excluding carboxylic acids is 4. The van der Waals surface area contributed by atoms with Crippen molar-refractivity contribution < 1.29 is 33.4 Å². The van der Waals surface area contributed by atoms with E-state index in [4.69, 9.17) is 14.2 Å². The zero-order valence-corrected chi connectivity index (χ0v) is 16.6. The van der Waals surface area contributed by atoms with E-state index < -0.39 is 18.5 Å². The molecule has 1 heterocycles. The van der Waals surface area contributed by atoms with Gasteiger partial charge in [0.2, 0.25) is 0 Å². The number of methoxy groups -OCH3 is 1. The summed E-state index contributed by atoms with van der Waals surface area (Å²) in [7, 11) is 1.34. The summed E-state index contributed by atoms with van der Waals surface area (Å²) in [5.74, 6) is -1.29. The van der Waals surface area contributed by atoms with Crippen molar-refractivity contribution in [3.05, 3.63) is 29.8 Å². The molecule has 0 unspecified atom stereocenters. The molecule has 0 aromatic heterocycles. The zero-order valence-electron chi connectivity index (χ0n) is 16.6. The molecule has 1 aromatic carbocycles. The Bertz CT molecular complexity index is 725. The van der Waals surface area contributed by atoms with E-state index in [1.165, 1.54) is 7.11 Å². The van der Waals surface area contributed by atoms with Gasteiger partial charge in [-0.1, -0.05) is 0 Å². The molecule has 1 N–H and O–H groups in total. The van der Waals surface area contributed by atoms with Crippen molar-refractivity contribution in [2.45, 2.75) is 19.8 Å². The molecule has 1 aliphatic rings. The van der Waals surface area contributed by atoms with Gasteiger partial charge in [-0.3, -0.25) is 19.2 Å². The summed E-state index contributed by atoms with van der Waals surface area (Å²) < 4.78 is 14.9. The molecule has 0 bridgehead atoms. The van der Waals surface area contributed by atoms with Gasteiger partial charge < -0.3 is 24.4 Å². The Balaban J connectivity index is 1.68. The fourth-order valence-electron chi connectivity index (χ4n) is 2.94. The third-order valence-corrected chi connectivity index (χ3v) is 4.56. The summed E-state index contributed by atoms with van der Waals surface area (Å²) in [4.78, 5) is 49.0. The lowest BCUT2D eigenvalue weighted by atomic mass is 9.97. The third kappa shape index (κ3) is 6.78. The molecule has 9 heteroatoms. The highest BCUT2D eigenvalue weighted by molar-refractivity contribution is 5.96. The van der Waals surface area contributed by atoms with Crippen LogP contribution in [0.2, 0.25) is 0 Å². The highest BCUT2D eigenvalue weighted by Gasteiger charge is 2.28. The second kappa shape index (κ2) is 11.0. The Morgan fingerprint density at radius 1 is 1.10 bits per heavy atom. The van der Waals surface area contributed by atoms with E-state index >= 15 is 0 Å². The molecule has 158 valence electrons. The summed E-state index contributed by atoms with van der Waals surface area (Å²) >= 11 is 0. The van der Waals surface area contributed by atoms with Crippen molar-refractivity contribution in [2.24, 2.45) is 5.92 Å². The fourth-order valence-corrected chi connectivity index (χ4v) is 2.94. The number of piperidine rings is 1. The van der Waals surface area contributed by atoms with E-state index in [-0.39, 0.29) is 24.3 Å². The van der Waals surface area contributed by atoms with Crippen LogP contribution in [0.15, 0.2) is 24.3 Å². The van der Waals surface area contributed by atoms with Crippen molar-refractivity contribution in [2.75, 3.05) is 40.0 Å². The van der Waals surface area contributed by atoms with Crippen molar-refractivity contribution in [3.63, 3.8) is 0 Å². The minimum atomic E-state index is -0.706. The normalized spacial score (nSPS) is 14.1. The van der Waals surface area contributed by atoms with Gasteiger partial charge in [-0.25, -0.2) is 0 Å². The molecule has 0 atom stereocenters. The van der Waals surface area contributed by atoms with E-state index in [9.17, 15) is 19.2 Å². The number of amides is 2. The highest BCUT2D eigenvalue weighted by Crippen LogP contribution is 2.18. The molecule has 1 saturated heterocycles. The monoisotopic (exact) mass is 406 g/mol. The average Bonchev–Trinajstić information content (AvgIpc) is 2.76. The highest BCUT2D eigenvalue weighted by atomic mass is 16.5. The van der Waals surface area contributed by atoms with E-state index in [0.29, 0.717) is 43.9 Å². The number of benzene rings is 1. The summed E-state index contributed by atoms with van der Waals surface area (Å²) in [6.07, 6.45) is 1.04. The number of ether oxygens (including phenoxy) is 3. The van der Waals surface area contributed by atoms with E-state index in [1.807, 2.05) is 6.92 Å². The van der Waals surface area contributed by atoms with Gasteiger partial charge in [-0.15, -0.1) is 0 Å². The van der Waals surface area contributed by atoms with Gasteiger partial charge in [-0.2, -0.15) is 0 Å². The van der Waals surface area contributed by atoms with Crippen LogP contribution in [-0.2, 0) is 23.9 Å². The van der Waals surface area contributed by atoms with Gasteiger partial charge in [0.25, 0.3) is 11.8 Å². The Kier molecular flexibility index (Phi) is 8.45. The van der Waals surface area contributed by atoms with Crippen LogP contribution in [0.4, 0.5) is 0 Å². The SMILES string of the molecule is CCOc1ccc(C(=O)NCC(=O)OCC(=O)N2CCC(C(=O)OC)CC2)cc1.